The molecule has 0 saturated heterocycles. The fourth-order valence-electron chi connectivity index (χ4n) is 1.17. The lowest BCUT2D eigenvalue weighted by molar-refractivity contribution is -0.129. The van der Waals surface area contributed by atoms with Crippen LogP contribution in [0.2, 0.25) is 0 Å². The van der Waals surface area contributed by atoms with Crippen LogP contribution in [0, 0.1) is 0 Å². The van der Waals surface area contributed by atoms with Crippen LogP contribution in [0.5, 0.6) is 0 Å². The quantitative estimate of drug-likeness (QED) is 0.572. The average molecular weight is 169 g/mol. The van der Waals surface area contributed by atoms with Crippen LogP contribution in [0.25, 0.3) is 0 Å². The van der Waals surface area contributed by atoms with Gasteiger partial charge in [0.2, 0.25) is 0 Å². The van der Waals surface area contributed by atoms with Gasteiger partial charge in [-0.2, -0.15) is 0 Å². The van der Waals surface area contributed by atoms with Crippen molar-refractivity contribution in [2.75, 3.05) is 13.6 Å². The van der Waals surface area contributed by atoms with Gasteiger partial charge in [0, 0.05) is 20.0 Å². The summed E-state index contributed by atoms with van der Waals surface area (Å²) in [5.74, 6) is -0.832. The van der Waals surface area contributed by atoms with Crippen LogP contribution in [0.4, 0.5) is 0 Å². The molecule has 0 bridgehead atoms. The van der Waals surface area contributed by atoms with Crippen molar-refractivity contribution in [1.29, 1.82) is 0 Å². The first-order chi connectivity index (χ1) is 5.54. The zero-order chi connectivity index (χ0) is 9.30. The molecule has 66 valence electrons. The molecule has 4 nitrogen and oxygen atoms in total. The molecule has 4 heteroatoms. The second-order valence-corrected chi connectivity index (χ2v) is 2.85. The Morgan fingerprint density at radius 1 is 1.58 bits per heavy atom. The highest BCUT2D eigenvalue weighted by molar-refractivity contribution is 6.19. The van der Waals surface area contributed by atoms with Gasteiger partial charge in [0.25, 0.3) is 5.91 Å². The molecule has 0 radical (unpaired) electrons. The van der Waals surface area contributed by atoms with E-state index in [0.29, 0.717) is 13.0 Å². The van der Waals surface area contributed by atoms with Crippen molar-refractivity contribution in [3.8, 4) is 0 Å². The Bertz CT molecular complexity index is 267. The van der Waals surface area contributed by atoms with Crippen molar-refractivity contribution in [2.24, 2.45) is 0 Å². The van der Waals surface area contributed by atoms with E-state index in [4.69, 9.17) is 0 Å². The molecular formula is C8H11NO3. The monoisotopic (exact) mass is 169 g/mol. The van der Waals surface area contributed by atoms with Crippen molar-refractivity contribution in [2.45, 2.75) is 13.3 Å². The van der Waals surface area contributed by atoms with Crippen LogP contribution in [0.15, 0.2) is 11.3 Å². The first-order valence-electron chi connectivity index (χ1n) is 3.72. The van der Waals surface area contributed by atoms with Gasteiger partial charge in [0.1, 0.15) is 11.3 Å². The van der Waals surface area contributed by atoms with Gasteiger partial charge in [-0.25, -0.2) is 0 Å². The van der Waals surface area contributed by atoms with Crippen molar-refractivity contribution < 1.29 is 14.7 Å². The average Bonchev–Trinajstić information content (AvgIpc) is 1.97. The summed E-state index contributed by atoms with van der Waals surface area (Å²) in [4.78, 5) is 23.6. The highest BCUT2D eigenvalue weighted by Crippen LogP contribution is 2.16. The standard InChI is InChI=1S/C8H11NO3/c1-5(10)7-6(11)3-4-9(2)8(7)12/h11H,3-4H2,1-2H3. The molecule has 0 aromatic rings. The molecule has 1 aliphatic heterocycles. The van der Waals surface area contributed by atoms with Crippen LogP contribution in [-0.2, 0) is 9.59 Å². The largest absolute Gasteiger partial charge is 0.511 e. The minimum Gasteiger partial charge on any atom is -0.511 e. The fourth-order valence-corrected chi connectivity index (χ4v) is 1.17. The van der Waals surface area contributed by atoms with Gasteiger partial charge in [-0.3, -0.25) is 9.59 Å². The van der Waals surface area contributed by atoms with Gasteiger partial charge in [-0.1, -0.05) is 0 Å². The summed E-state index contributed by atoms with van der Waals surface area (Å²) in [7, 11) is 1.61. The zero-order valence-corrected chi connectivity index (χ0v) is 7.13. The zero-order valence-electron chi connectivity index (χ0n) is 7.13. The molecule has 1 N–H and O–H groups in total. The summed E-state index contributed by atoms with van der Waals surface area (Å²) in [5.41, 5.74) is -0.0660. The minimum absolute atomic E-state index is 0.0660. The summed E-state index contributed by atoms with van der Waals surface area (Å²) >= 11 is 0. The number of amides is 1. The summed E-state index contributed by atoms with van der Waals surface area (Å²) in [6.07, 6.45) is 0.372. The van der Waals surface area contributed by atoms with E-state index in [1.54, 1.807) is 7.05 Å². The molecule has 0 aliphatic carbocycles. The molecule has 0 fully saturated rings. The summed E-state index contributed by atoms with van der Waals surface area (Å²) in [5, 5.41) is 9.24. The molecule has 1 rings (SSSR count). The topological polar surface area (TPSA) is 57.6 Å². The number of rotatable bonds is 1. The van der Waals surface area contributed by atoms with Gasteiger partial charge in [0.15, 0.2) is 5.78 Å². The van der Waals surface area contributed by atoms with Gasteiger partial charge in [-0.05, 0) is 6.92 Å². The minimum atomic E-state index is -0.383. The SMILES string of the molecule is CC(=O)C1=C(O)CCN(C)C1=O. The number of hydrogen-bond donors (Lipinski definition) is 1. The smallest absolute Gasteiger partial charge is 0.260 e. The molecule has 0 aromatic heterocycles. The lowest BCUT2D eigenvalue weighted by atomic mass is 10.0. The molecule has 0 saturated carbocycles. The number of Topliss-reactive ketones (excluding diaryl/α,β-unsaturated/α-hetero) is 1. The molecule has 0 atom stereocenters. The van der Waals surface area contributed by atoms with Crippen LogP contribution >= 0.6 is 0 Å². The van der Waals surface area contributed by atoms with E-state index >= 15 is 0 Å². The van der Waals surface area contributed by atoms with Gasteiger partial charge < -0.3 is 10.0 Å². The first-order valence-corrected chi connectivity index (χ1v) is 3.72. The van der Waals surface area contributed by atoms with Crippen molar-refractivity contribution in [3.63, 3.8) is 0 Å². The molecule has 0 spiro atoms. The maximum atomic E-state index is 11.3. The van der Waals surface area contributed by atoms with Crippen molar-refractivity contribution in [1.82, 2.24) is 4.90 Å². The second-order valence-electron chi connectivity index (χ2n) is 2.85. The summed E-state index contributed by atoms with van der Waals surface area (Å²) < 4.78 is 0. The van der Waals surface area contributed by atoms with Crippen LogP contribution in [0.1, 0.15) is 13.3 Å². The van der Waals surface area contributed by atoms with E-state index in [9.17, 15) is 14.7 Å². The number of ketones is 1. The number of hydrogen-bond acceptors (Lipinski definition) is 3. The summed E-state index contributed by atoms with van der Waals surface area (Å²) in [6, 6.07) is 0. The summed E-state index contributed by atoms with van der Waals surface area (Å²) in [6.45, 7) is 1.75. The fraction of sp³-hybridized carbons (Fsp3) is 0.500. The van der Waals surface area contributed by atoms with E-state index in [2.05, 4.69) is 0 Å². The van der Waals surface area contributed by atoms with E-state index in [1.807, 2.05) is 0 Å². The normalized spacial score (nSPS) is 18.5. The third-order valence-corrected chi connectivity index (χ3v) is 1.89. The van der Waals surface area contributed by atoms with E-state index in [0.717, 1.165) is 0 Å². The van der Waals surface area contributed by atoms with Gasteiger partial charge in [0.05, 0.1) is 0 Å². The lowest BCUT2D eigenvalue weighted by Crippen LogP contribution is -2.36. The van der Waals surface area contributed by atoms with Crippen LogP contribution in [0.3, 0.4) is 0 Å². The molecule has 1 amide bonds. The lowest BCUT2D eigenvalue weighted by Gasteiger charge is -2.23. The molecule has 1 heterocycles. The Morgan fingerprint density at radius 3 is 2.58 bits per heavy atom. The molecule has 1 aliphatic rings. The van der Waals surface area contributed by atoms with Crippen molar-refractivity contribution in [3.05, 3.63) is 11.3 Å². The Labute approximate surface area is 70.5 Å². The van der Waals surface area contributed by atoms with Crippen LogP contribution < -0.4 is 0 Å². The maximum Gasteiger partial charge on any atom is 0.260 e. The number of carbonyl (C=O) groups excluding carboxylic acids is 2. The van der Waals surface area contributed by atoms with Crippen LogP contribution in [-0.4, -0.2) is 35.3 Å². The molecule has 0 unspecified atom stereocenters. The Hall–Kier alpha value is -1.32. The van der Waals surface area contributed by atoms with E-state index in [-0.39, 0.29) is 23.0 Å². The Kier molecular flexibility index (Phi) is 2.17. The Balaban J connectivity index is 3.05. The Morgan fingerprint density at radius 2 is 2.17 bits per heavy atom. The van der Waals surface area contributed by atoms with Gasteiger partial charge in [-0.15, -0.1) is 0 Å². The number of nitrogens with zero attached hydrogens (tertiary/aromatic N) is 1. The molecular weight excluding hydrogens is 158 g/mol. The van der Waals surface area contributed by atoms with Gasteiger partial charge >= 0.3 is 0 Å². The molecule has 0 aromatic carbocycles. The number of carbonyl (C=O) groups is 2. The number of aliphatic hydroxyl groups excluding tert-OH is 1. The number of likely N-dealkylation sites (N-methyl/N-ethyl adjacent to an activating group) is 1. The number of aliphatic hydroxyl groups is 1. The first kappa shape index (κ1) is 8.77. The predicted octanol–water partition coefficient (Wildman–Crippen LogP) is 0.250. The third-order valence-electron chi connectivity index (χ3n) is 1.89. The van der Waals surface area contributed by atoms with E-state index in [1.165, 1.54) is 11.8 Å². The van der Waals surface area contributed by atoms with E-state index < -0.39 is 0 Å². The molecule has 12 heavy (non-hydrogen) atoms. The second kappa shape index (κ2) is 2.97. The maximum absolute atomic E-state index is 11.3. The third kappa shape index (κ3) is 1.32. The highest BCUT2D eigenvalue weighted by atomic mass is 16.3. The highest BCUT2D eigenvalue weighted by Gasteiger charge is 2.27. The van der Waals surface area contributed by atoms with Crippen molar-refractivity contribution >= 4 is 11.7 Å². The predicted molar refractivity (Wildman–Crippen MR) is 42.6 cm³/mol.